The summed E-state index contributed by atoms with van der Waals surface area (Å²) in [7, 11) is 1.66. The molecule has 0 bridgehead atoms. The van der Waals surface area contributed by atoms with Crippen LogP contribution in [0.2, 0.25) is 0 Å². The van der Waals surface area contributed by atoms with Crippen molar-refractivity contribution in [3.05, 3.63) is 36.5 Å². The van der Waals surface area contributed by atoms with E-state index < -0.39 is 0 Å². The molecule has 0 spiro atoms. The molecule has 0 saturated heterocycles. The van der Waals surface area contributed by atoms with Gasteiger partial charge in [-0.15, -0.1) is 0 Å². The maximum absolute atomic E-state index is 5.08. The standard InChI is InChI=1S/C10H9NO.H4Si/c1-12-9-5-4-8-3-2-6-11-10(8)7-9;/h2-7H,1H3;1H4. The van der Waals surface area contributed by atoms with Crippen LogP contribution in [0, 0.1) is 0 Å². The van der Waals surface area contributed by atoms with Crippen molar-refractivity contribution in [2.24, 2.45) is 0 Å². The Morgan fingerprint density at radius 1 is 1.23 bits per heavy atom. The Morgan fingerprint density at radius 3 is 2.85 bits per heavy atom. The van der Waals surface area contributed by atoms with Crippen LogP contribution in [0.25, 0.3) is 10.9 Å². The Morgan fingerprint density at radius 2 is 2.08 bits per heavy atom. The zero-order chi connectivity index (χ0) is 8.39. The summed E-state index contributed by atoms with van der Waals surface area (Å²) in [5, 5.41) is 1.14. The minimum Gasteiger partial charge on any atom is -0.497 e. The zero-order valence-electron chi connectivity index (χ0n) is 6.82. The van der Waals surface area contributed by atoms with E-state index in [-0.39, 0.29) is 11.0 Å². The molecular weight excluding hydrogens is 178 g/mol. The molecule has 1 aromatic carbocycles. The number of aromatic nitrogens is 1. The lowest BCUT2D eigenvalue weighted by Crippen LogP contribution is -1.83. The highest BCUT2D eigenvalue weighted by Gasteiger charge is 1.94. The van der Waals surface area contributed by atoms with E-state index >= 15 is 0 Å². The Kier molecular flexibility index (Phi) is 3.03. The maximum atomic E-state index is 5.08. The predicted molar refractivity (Wildman–Crippen MR) is 59.6 cm³/mol. The minimum absolute atomic E-state index is 0. The van der Waals surface area contributed by atoms with Crippen LogP contribution in [0.15, 0.2) is 36.5 Å². The molecule has 13 heavy (non-hydrogen) atoms. The summed E-state index contributed by atoms with van der Waals surface area (Å²) in [6, 6.07) is 9.82. The van der Waals surface area contributed by atoms with E-state index in [0.29, 0.717) is 0 Å². The first kappa shape index (κ1) is 9.73. The van der Waals surface area contributed by atoms with E-state index in [1.54, 1.807) is 13.3 Å². The van der Waals surface area contributed by atoms with Crippen LogP contribution in [0.3, 0.4) is 0 Å². The zero-order valence-corrected chi connectivity index (χ0v) is 6.82. The number of pyridine rings is 1. The average molecular weight is 191 g/mol. The largest absolute Gasteiger partial charge is 0.497 e. The summed E-state index contributed by atoms with van der Waals surface area (Å²) in [5.41, 5.74) is 0.969. The van der Waals surface area contributed by atoms with Crippen LogP contribution in [0.5, 0.6) is 5.75 Å². The predicted octanol–water partition coefficient (Wildman–Crippen LogP) is 0.792. The molecule has 2 nitrogen and oxygen atoms in total. The van der Waals surface area contributed by atoms with Crippen molar-refractivity contribution in [2.45, 2.75) is 0 Å². The second-order valence-corrected chi connectivity index (χ2v) is 2.56. The molecule has 2 aromatic rings. The van der Waals surface area contributed by atoms with Gasteiger partial charge in [-0.05, 0) is 29.2 Å². The smallest absolute Gasteiger partial charge is 0.121 e. The topological polar surface area (TPSA) is 22.1 Å². The summed E-state index contributed by atoms with van der Waals surface area (Å²) in [6.45, 7) is 0. The first-order chi connectivity index (χ1) is 5.90. The summed E-state index contributed by atoms with van der Waals surface area (Å²) >= 11 is 0. The number of methoxy groups -OCH3 is 1. The van der Waals surface area contributed by atoms with E-state index in [1.165, 1.54) is 0 Å². The quantitative estimate of drug-likeness (QED) is 0.622. The van der Waals surface area contributed by atoms with E-state index in [9.17, 15) is 0 Å². The van der Waals surface area contributed by atoms with Gasteiger partial charge in [0, 0.05) is 17.6 Å². The summed E-state index contributed by atoms with van der Waals surface area (Å²) in [6.07, 6.45) is 1.78. The first-order valence-electron chi connectivity index (χ1n) is 3.79. The molecule has 3 heteroatoms. The molecular formula is C10H13NOSi. The van der Waals surface area contributed by atoms with E-state index in [1.807, 2.05) is 30.3 Å². The summed E-state index contributed by atoms with van der Waals surface area (Å²) < 4.78 is 5.08. The van der Waals surface area contributed by atoms with Gasteiger partial charge in [0.25, 0.3) is 0 Å². The molecule has 0 aliphatic rings. The van der Waals surface area contributed by atoms with Gasteiger partial charge in [0.05, 0.1) is 12.6 Å². The van der Waals surface area contributed by atoms with Crippen molar-refractivity contribution in [2.75, 3.05) is 7.11 Å². The van der Waals surface area contributed by atoms with Gasteiger partial charge in [0.1, 0.15) is 5.75 Å². The number of benzene rings is 1. The monoisotopic (exact) mass is 191 g/mol. The number of rotatable bonds is 1. The highest BCUT2D eigenvalue weighted by atomic mass is 28.1. The van der Waals surface area contributed by atoms with Crippen LogP contribution in [-0.4, -0.2) is 23.1 Å². The van der Waals surface area contributed by atoms with Gasteiger partial charge in [0.2, 0.25) is 0 Å². The Bertz CT molecular complexity index is 403. The van der Waals surface area contributed by atoms with Crippen LogP contribution >= 0.6 is 0 Å². The highest BCUT2D eigenvalue weighted by Crippen LogP contribution is 2.17. The second-order valence-electron chi connectivity index (χ2n) is 2.56. The van der Waals surface area contributed by atoms with E-state index in [2.05, 4.69) is 4.98 Å². The molecule has 0 unspecified atom stereocenters. The lowest BCUT2D eigenvalue weighted by Gasteiger charge is -2.00. The maximum Gasteiger partial charge on any atom is 0.121 e. The molecule has 0 aliphatic heterocycles. The van der Waals surface area contributed by atoms with Gasteiger partial charge in [-0.1, -0.05) is 6.07 Å². The van der Waals surface area contributed by atoms with Gasteiger partial charge >= 0.3 is 0 Å². The molecule has 0 fully saturated rings. The van der Waals surface area contributed by atoms with Crippen LogP contribution < -0.4 is 4.74 Å². The van der Waals surface area contributed by atoms with Crippen molar-refractivity contribution in [1.29, 1.82) is 0 Å². The molecule has 0 atom stereocenters. The van der Waals surface area contributed by atoms with Crippen LogP contribution in [-0.2, 0) is 0 Å². The minimum atomic E-state index is 0. The molecule has 1 heterocycles. The third kappa shape index (κ3) is 1.87. The molecule has 0 radical (unpaired) electrons. The molecule has 0 saturated carbocycles. The van der Waals surface area contributed by atoms with Crippen LogP contribution in [0.1, 0.15) is 0 Å². The van der Waals surface area contributed by atoms with Crippen molar-refractivity contribution >= 4 is 21.9 Å². The van der Waals surface area contributed by atoms with E-state index in [0.717, 1.165) is 16.7 Å². The SMILES string of the molecule is COc1ccc2cccnc2c1.[SiH4]. The van der Waals surface area contributed by atoms with Gasteiger partial charge in [-0.3, -0.25) is 4.98 Å². The molecule has 0 amide bonds. The van der Waals surface area contributed by atoms with Gasteiger partial charge < -0.3 is 4.74 Å². The fourth-order valence-electron chi connectivity index (χ4n) is 1.17. The number of hydrogen-bond acceptors (Lipinski definition) is 2. The number of nitrogens with zero attached hydrogens (tertiary/aromatic N) is 1. The molecule has 0 aliphatic carbocycles. The Hall–Kier alpha value is -1.35. The molecule has 1 aromatic heterocycles. The summed E-state index contributed by atoms with van der Waals surface area (Å²) in [5.74, 6) is 0.848. The van der Waals surface area contributed by atoms with Crippen molar-refractivity contribution in [1.82, 2.24) is 4.98 Å². The van der Waals surface area contributed by atoms with Crippen molar-refractivity contribution < 1.29 is 4.74 Å². The second kappa shape index (κ2) is 4.05. The fraction of sp³-hybridized carbons (Fsp3) is 0.100. The van der Waals surface area contributed by atoms with Crippen molar-refractivity contribution in [3.8, 4) is 5.75 Å². The Balaban J connectivity index is 0.000000845. The third-order valence-corrected chi connectivity index (χ3v) is 1.81. The molecule has 68 valence electrons. The van der Waals surface area contributed by atoms with Gasteiger partial charge in [-0.25, -0.2) is 0 Å². The lowest BCUT2D eigenvalue weighted by atomic mass is 10.2. The average Bonchev–Trinajstić information content (AvgIpc) is 2.17. The lowest BCUT2D eigenvalue weighted by molar-refractivity contribution is 0.415. The van der Waals surface area contributed by atoms with Crippen molar-refractivity contribution in [3.63, 3.8) is 0 Å². The highest BCUT2D eigenvalue weighted by molar-refractivity contribution is 5.79. The number of hydrogen-bond donors (Lipinski definition) is 0. The Labute approximate surface area is 81.6 Å². The molecule has 2 rings (SSSR count). The first-order valence-corrected chi connectivity index (χ1v) is 3.79. The molecule has 0 N–H and O–H groups in total. The van der Waals surface area contributed by atoms with Gasteiger partial charge in [-0.2, -0.15) is 0 Å². The van der Waals surface area contributed by atoms with Crippen LogP contribution in [0.4, 0.5) is 0 Å². The fourth-order valence-corrected chi connectivity index (χ4v) is 1.17. The number of ether oxygens (including phenoxy) is 1. The third-order valence-electron chi connectivity index (χ3n) is 1.81. The normalized spacial score (nSPS) is 9.31. The van der Waals surface area contributed by atoms with E-state index in [4.69, 9.17) is 4.74 Å². The summed E-state index contributed by atoms with van der Waals surface area (Å²) in [4.78, 5) is 4.21. The van der Waals surface area contributed by atoms with Gasteiger partial charge in [0.15, 0.2) is 0 Å². The number of fused-ring (bicyclic) bond motifs is 1.